The lowest BCUT2D eigenvalue weighted by Gasteiger charge is -2.22. The minimum atomic E-state index is -0.635. The summed E-state index contributed by atoms with van der Waals surface area (Å²) < 4.78 is 0. The molecule has 2 N–H and O–H groups in total. The first-order valence-corrected chi connectivity index (χ1v) is 11.6. The third-order valence-corrected chi connectivity index (χ3v) is 5.96. The monoisotopic (exact) mass is 440 g/mol. The van der Waals surface area contributed by atoms with E-state index in [2.05, 4.69) is 34.9 Å². The third kappa shape index (κ3) is 5.55. The molecule has 156 valence electrons. The number of amides is 2. The molecule has 0 spiro atoms. The molecule has 0 fully saturated rings. The second-order valence-corrected chi connectivity index (χ2v) is 8.52. The molecule has 0 aliphatic rings. The smallest absolute Gasteiger partial charge is 0.253 e. The predicted octanol–water partition coefficient (Wildman–Crippen LogP) is 5.22. The number of benzene rings is 3. The molecule has 3 aromatic carbocycles. The number of carbonyl (C=O) groups is 2. The summed E-state index contributed by atoms with van der Waals surface area (Å²) in [5.41, 5.74) is 1.38. The van der Waals surface area contributed by atoms with E-state index in [0.717, 1.165) is 22.1 Å². The zero-order valence-electron chi connectivity index (χ0n) is 17.0. The van der Waals surface area contributed by atoms with Crippen LogP contribution in [-0.2, 0) is 4.79 Å². The van der Waals surface area contributed by atoms with E-state index in [1.165, 1.54) is 0 Å². The van der Waals surface area contributed by atoms with Crippen molar-refractivity contribution in [3.63, 3.8) is 0 Å². The molecule has 3 rings (SSSR count). The molecule has 0 aliphatic carbocycles. The Morgan fingerprint density at radius 3 is 2.40 bits per heavy atom. The maximum Gasteiger partial charge on any atom is 0.253 e. The molecule has 0 aromatic heterocycles. The van der Waals surface area contributed by atoms with Gasteiger partial charge in [0.25, 0.3) is 5.91 Å². The molecule has 6 heteroatoms. The molecule has 2 unspecified atom stereocenters. The van der Waals surface area contributed by atoms with Crippen LogP contribution in [0, 0.1) is 0 Å². The Morgan fingerprint density at radius 2 is 1.67 bits per heavy atom. The van der Waals surface area contributed by atoms with Gasteiger partial charge in [0, 0.05) is 0 Å². The summed E-state index contributed by atoms with van der Waals surface area (Å²) in [6.45, 7) is 1.95. The number of hydrogen-bond acceptors (Lipinski definition) is 3. The van der Waals surface area contributed by atoms with Gasteiger partial charge in [-0.3, -0.25) is 9.59 Å². The van der Waals surface area contributed by atoms with Gasteiger partial charge < -0.3 is 10.6 Å². The first kappa shape index (κ1) is 22.2. The molecule has 0 heterocycles. The largest absolute Gasteiger partial charge is 0.348 e. The van der Waals surface area contributed by atoms with Crippen LogP contribution in [0.25, 0.3) is 10.8 Å². The molecule has 30 heavy (non-hydrogen) atoms. The fraction of sp³-hybridized carbons (Fsp3) is 0.250. The fourth-order valence-corrected chi connectivity index (χ4v) is 3.95. The van der Waals surface area contributed by atoms with Gasteiger partial charge in [-0.15, -0.1) is 0 Å². The summed E-state index contributed by atoms with van der Waals surface area (Å²) in [6, 6.07) is 20.3. The molecule has 2 atom stereocenters. The lowest BCUT2D eigenvalue weighted by atomic mass is 10.0. The second kappa shape index (κ2) is 10.5. The Kier molecular flexibility index (Phi) is 7.77. The number of nitrogens with one attached hydrogen (secondary N) is 2. The van der Waals surface area contributed by atoms with Crippen LogP contribution in [0.2, 0.25) is 5.02 Å². The van der Waals surface area contributed by atoms with E-state index in [0.29, 0.717) is 17.0 Å². The highest BCUT2D eigenvalue weighted by atomic mass is 35.5. The summed E-state index contributed by atoms with van der Waals surface area (Å²) in [6.07, 6.45) is 2.51. The van der Waals surface area contributed by atoms with E-state index in [4.69, 9.17) is 11.6 Å². The van der Waals surface area contributed by atoms with Gasteiger partial charge in [0.15, 0.2) is 0 Å². The lowest BCUT2D eigenvalue weighted by Crippen LogP contribution is -2.47. The van der Waals surface area contributed by atoms with Crippen molar-refractivity contribution in [1.29, 1.82) is 0 Å². The Balaban J connectivity index is 1.72. The first-order valence-electron chi connectivity index (χ1n) is 9.83. The Bertz CT molecular complexity index is 1040. The Labute approximate surface area is 186 Å². The van der Waals surface area contributed by atoms with Gasteiger partial charge in [-0.1, -0.05) is 60.1 Å². The highest BCUT2D eigenvalue weighted by molar-refractivity contribution is 7.98. The highest BCUT2D eigenvalue weighted by Crippen LogP contribution is 2.21. The molecule has 2 amide bonds. The molecular weight excluding hydrogens is 416 g/mol. The summed E-state index contributed by atoms with van der Waals surface area (Å²) in [7, 11) is 0. The average molecular weight is 441 g/mol. The standard InChI is InChI=1S/C24H25ClN2O2S/c1-16(18-12-11-17-7-3-4-8-19(17)15-18)26-24(29)22(13-14-30-2)27-23(28)20-9-5-6-10-21(20)25/h3-12,15-16,22H,13-14H2,1-2H3,(H,26,29)(H,27,28). The minimum absolute atomic E-state index is 0.184. The van der Waals surface area contributed by atoms with Gasteiger partial charge >= 0.3 is 0 Å². The van der Waals surface area contributed by atoms with E-state index >= 15 is 0 Å². The maximum atomic E-state index is 13.0. The molecule has 3 aromatic rings. The first-order chi connectivity index (χ1) is 14.5. The van der Waals surface area contributed by atoms with Gasteiger partial charge in [-0.05, 0) is 59.9 Å². The molecule has 0 bridgehead atoms. The number of rotatable bonds is 8. The fourth-order valence-electron chi connectivity index (χ4n) is 3.26. The van der Waals surface area contributed by atoms with Crippen molar-refractivity contribution >= 4 is 45.9 Å². The number of hydrogen-bond donors (Lipinski definition) is 2. The Morgan fingerprint density at radius 1 is 0.967 bits per heavy atom. The van der Waals surface area contributed by atoms with Crippen molar-refractivity contribution in [3.8, 4) is 0 Å². The predicted molar refractivity (Wildman–Crippen MR) is 126 cm³/mol. The van der Waals surface area contributed by atoms with E-state index in [1.807, 2.05) is 31.4 Å². The second-order valence-electron chi connectivity index (χ2n) is 7.12. The highest BCUT2D eigenvalue weighted by Gasteiger charge is 2.23. The summed E-state index contributed by atoms with van der Waals surface area (Å²) in [5, 5.41) is 8.54. The quantitative estimate of drug-likeness (QED) is 0.504. The van der Waals surface area contributed by atoms with E-state index in [1.54, 1.807) is 36.0 Å². The van der Waals surface area contributed by atoms with Gasteiger partial charge in [0.2, 0.25) is 5.91 Å². The van der Waals surface area contributed by atoms with E-state index in [9.17, 15) is 9.59 Å². The van der Waals surface area contributed by atoms with Crippen molar-refractivity contribution in [3.05, 3.63) is 82.9 Å². The number of thioether (sulfide) groups is 1. The molecule has 0 saturated heterocycles. The van der Waals surface area contributed by atoms with Gasteiger partial charge in [-0.2, -0.15) is 11.8 Å². The van der Waals surface area contributed by atoms with Crippen molar-refractivity contribution in [2.75, 3.05) is 12.0 Å². The van der Waals surface area contributed by atoms with Crippen molar-refractivity contribution in [2.45, 2.75) is 25.4 Å². The zero-order chi connectivity index (χ0) is 21.5. The third-order valence-electron chi connectivity index (χ3n) is 4.98. The zero-order valence-corrected chi connectivity index (χ0v) is 18.6. The Hall–Kier alpha value is -2.50. The van der Waals surface area contributed by atoms with Crippen molar-refractivity contribution < 1.29 is 9.59 Å². The van der Waals surface area contributed by atoms with Crippen LogP contribution >= 0.6 is 23.4 Å². The van der Waals surface area contributed by atoms with Crippen molar-refractivity contribution in [2.24, 2.45) is 0 Å². The van der Waals surface area contributed by atoms with Crippen LogP contribution < -0.4 is 10.6 Å². The van der Waals surface area contributed by atoms with Crippen LogP contribution in [0.15, 0.2) is 66.7 Å². The van der Waals surface area contributed by atoms with E-state index < -0.39 is 6.04 Å². The topological polar surface area (TPSA) is 58.2 Å². The minimum Gasteiger partial charge on any atom is -0.348 e. The molecule has 0 aliphatic heterocycles. The summed E-state index contributed by atoms with van der Waals surface area (Å²) >= 11 is 7.77. The van der Waals surface area contributed by atoms with Gasteiger partial charge in [0.1, 0.15) is 6.04 Å². The normalized spacial score (nSPS) is 12.9. The van der Waals surface area contributed by atoms with E-state index in [-0.39, 0.29) is 17.9 Å². The summed E-state index contributed by atoms with van der Waals surface area (Å²) in [4.78, 5) is 25.6. The number of halogens is 1. The van der Waals surface area contributed by atoms with Crippen LogP contribution in [0.1, 0.15) is 35.3 Å². The van der Waals surface area contributed by atoms with Crippen molar-refractivity contribution in [1.82, 2.24) is 10.6 Å². The van der Waals surface area contributed by atoms with Crippen LogP contribution in [0.4, 0.5) is 0 Å². The summed E-state index contributed by atoms with van der Waals surface area (Å²) in [5.74, 6) is 0.205. The van der Waals surface area contributed by atoms with Crippen LogP contribution in [0.5, 0.6) is 0 Å². The molecule has 0 radical (unpaired) electrons. The molecule has 0 saturated carbocycles. The van der Waals surface area contributed by atoms with Crippen LogP contribution in [0.3, 0.4) is 0 Å². The van der Waals surface area contributed by atoms with Gasteiger partial charge in [0.05, 0.1) is 16.6 Å². The average Bonchev–Trinajstić information content (AvgIpc) is 2.76. The maximum absolute atomic E-state index is 13.0. The molecular formula is C24H25ClN2O2S. The SMILES string of the molecule is CSCCC(NC(=O)c1ccccc1Cl)C(=O)NC(C)c1ccc2ccccc2c1. The molecule has 4 nitrogen and oxygen atoms in total. The number of carbonyl (C=O) groups excluding carboxylic acids is 2. The lowest BCUT2D eigenvalue weighted by molar-refractivity contribution is -0.123. The number of fused-ring (bicyclic) bond motifs is 1. The van der Waals surface area contributed by atoms with Crippen LogP contribution in [-0.4, -0.2) is 29.9 Å². The van der Waals surface area contributed by atoms with Gasteiger partial charge in [-0.25, -0.2) is 0 Å².